The number of carbonyl (C=O) groups is 2. The summed E-state index contributed by atoms with van der Waals surface area (Å²) in [5, 5.41) is 0.929. The molecule has 0 bridgehead atoms. The van der Waals surface area contributed by atoms with Gasteiger partial charge < -0.3 is 24.5 Å². The lowest BCUT2D eigenvalue weighted by molar-refractivity contribution is -0.120. The van der Waals surface area contributed by atoms with Crippen LogP contribution in [0.15, 0.2) is 51.7 Å². The van der Waals surface area contributed by atoms with E-state index in [9.17, 15) is 14.4 Å². The van der Waals surface area contributed by atoms with Gasteiger partial charge in [0.25, 0.3) is 5.91 Å². The first-order valence-corrected chi connectivity index (χ1v) is 9.76. The minimum absolute atomic E-state index is 0.0368. The van der Waals surface area contributed by atoms with Gasteiger partial charge in [-0.15, -0.1) is 0 Å². The van der Waals surface area contributed by atoms with Crippen molar-refractivity contribution in [1.29, 1.82) is 0 Å². The number of rotatable bonds is 8. The van der Waals surface area contributed by atoms with E-state index in [-0.39, 0.29) is 30.3 Å². The van der Waals surface area contributed by atoms with E-state index in [1.54, 1.807) is 37.3 Å². The van der Waals surface area contributed by atoms with Crippen LogP contribution in [-0.4, -0.2) is 32.1 Å². The quantitative estimate of drug-likeness (QED) is 0.534. The molecule has 2 amide bonds. The molecule has 1 aromatic heterocycles. The minimum Gasteiger partial charge on any atom is -0.495 e. The van der Waals surface area contributed by atoms with Crippen molar-refractivity contribution >= 4 is 40.1 Å². The highest BCUT2D eigenvalue weighted by molar-refractivity contribution is 6.32. The van der Waals surface area contributed by atoms with Crippen LogP contribution in [0.4, 0.5) is 5.69 Å². The van der Waals surface area contributed by atoms with Gasteiger partial charge in [0.2, 0.25) is 5.91 Å². The molecule has 0 saturated carbocycles. The highest BCUT2D eigenvalue weighted by atomic mass is 35.5. The Morgan fingerprint density at radius 2 is 1.90 bits per heavy atom. The number of benzene rings is 2. The maximum atomic E-state index is 13.0. The van der Waals surface area contributed by atoms with Crippen molar-refractivity contribution in [1.82, 2.24) is 0 Å². The molecule has 2 aromatic carbocycles. The molecule has 0 aliphatic heterocycles. The Morgan fingerprint density at radius 1 is 1.16 bits per heavy atom. The zero-order valence-corrected chi connectivity index (χ0v) is 17.8. The van der Waals surface area contributed by atoms with E-state index >= 15 is 0 Å². The maximum absolute atomic E-state index is 13.0. The molecular formula is C22H21ClN2O6. The SMILES string of the molecule is COc1ccccc1N(CCC(N)=O)C(=O)COc1cc2oc(=O)cc(C)c2cc1Cl. The predicted molar refractivity (Wildman–Crippen MR) is 117 cm³/mol. The molecule has 1 heterocycles. The number of hydrogen-bond donors (Lipinski definition) is 1. The smallest absolute Gasteiger partial charge is 0.336 e. The van der Waals surface area contributed by atoms with E-state index in [1.165, 1.54) is 24.1 Å². The lowest BCUT2D eigenvalue weighted by atomic mass is 10.1. The van der Waals surface area contributed by atoms with Crippen molar-refractivity contribution in [2.24, 2.45) is 5.73 Å². The molecule has 0 fully saturated rings. The van der Waals surface area contributed by atoms with Crippen LogP contribution in [0, 0.1) is 6.92 Å². The molecule has 2 N–H and O–H groups in total. The van der Waals surface area contributed by atoms with Crippen LogP contribution in [0.25, 0.3) is 11.0 Å². The number of ether oxygens (including phenoxy) is 2. The van der Waals surface area contributed by atoms with Gasteiger partial charge in [-0.05, 0) is 30.7 Å². The van der Waals surface area contributed by atoms with Gasteiger partial charge in [0.1, 0.15) is 17.1 Å². The van der Waals surface area contributed by atoms with Crippen LogP contribution in [0.1, 0.15) is 12.0 Å². The molecule has 0 aliphatic rings. The van der Waals surface area contributed by atoms with E-state index in [2.05, 4.69) is 0 Å². The van der Waals surface area contributed by atoms with E-state index in [1.807, 2.05) is 0 Å². The predicted octanol–water partition coefficient (Wildman–Crippen LogP) is 3.05. The first kappa shape index (κ1) is 22.2. The number of amides is 2. The van der Waals surface area contributed by atoms with Gasteiger partial charge in [0.05, 0.1) is 17.8 Å². The van der Waals surface area contributed by atoms with Crippen LogP contribution < -0.4 is 25.7 Å². The topological polar surface area (TPSA) is 112 Å². The number of para-hydroxylation sites is 2. The van der Waals surface area contributed by atoms with Gasteiger partial charge in [-0.2, -0.15) is 0 Å². The van der Waals surface area contributed by atoms with Crippen molar-refractivity contribution in [3.05, 3.63) is 63.5 Å². The molecule has 0 radical (unpaired) electrons. The van der Waals surface area contributed by atoms with E-state index in [4.69, 9.17) is 31.2 Å². The minimum atomic E-state index is -0.545. The molecule has 0 unspecified atom stereocenters. The van der Waals surface area contributed by atoms with Crippen LogP contribution >= 0.6 is 11.6 Å². The van der Waals surface area contributed by atoms with E-state index in [0.29, 0.717) is 28.0 Å². The number of nitrogens with zero attached hydrogens (tertiary/aromatic N) is 1. The molecular weight excluding hydrogens is 424 g/mol. The van der Waals surface area contributed by atoms with Crippen LogP contribution in [0.5, 0.6) is 11.5 Å². The zero-order chi connectivity index (χ0) is 22.5. The number of fused-ring (bicyclic) bond motifs is 1. The number of hydrogen-bond acceptors (Lipinski definition) is 6. The molecule has 31 heavy (non-hydrogen) atoms. The Hall–Kier alpha value is -3.52. The normalized spacial score (nSPS) is 10.7. The molecule has 162 valence electrons. The summed E-state index contributed by atoms with van der Waals surface area (Å²) < 4.78 is 16.1. The highest BCUT2D eigenvalue weighted by Gasteiger charge is 2.21. The lowest BCUT2D eigenvalue weighted by Crippen LogP contribution is -2.37. The summed E-state index contributed by atoms with van der Waals surface area (Å²) in [6.45, 7) is 1.44. The molecule has 9 heteroatoms. The third-order valence-electron chi connectivity index (χ3n) is 4.61. The first-order chi connectivity index (χ1) is 14.8. The fraction of sp³-hybridized carbons (Fsp3) is 0.227. The third-order valence-corrected chi connectivity index (χ3v) is 4.91. The summed E-state index contributed by atoms with van der Waals surface area (Å²) in [5.74, 6) is -0.336. The van der Waals surface area contributed by atoms with Crippen molar-refractivity contribution in [2.75, 3.05) is 25.2 Å². The number of carbonyl (C=O) groups excluding carboxylic acids is 2. The Bertz CT molecular complexity index is 1190. The molecule has 0 saturated heterocycles. The number of primary amides is 1. The van der Waals surface area contributed by atoms with Crippen molar-refractivity contribution in [3.8, 4) is 11.5 Å². The maximum Gasteiger partial charge on any atom is 0.336 e. The second-order valence-electron chi connectivity index (χ2n) is 6.75. The first-order valence-electron chi connectivity index (χ1n) is 9.38. The summed E-state index contributed by atoms with van der Waals surface area (Å²) in [6.07, 6.45) is -0.0368. The van der Waals surface area contributed by atoms with Crippen molar-refractivity contribution in [3.63, 3.8) is 0 Å². The standard InChI is InChI=1S/C22H21ClN2O6/c1-13-9-22(28)31-18-11-19(15(23)10-14(13)18)30-12-21(27)25(8-7-20(24)26)16-5-3-4-6-17(16)29-2/h3-6,9-11H,7-8,12H2,1-2H3,(H2,24,26). The average molecular weight is 445 g/mol. The monoisotopic (exact) mass is 444 g/mol. The Kier molecular flexibility index (Phi) is 6.81. The van der Waals surface area contributed by atoms with E-state index < -0.39 is 17.4 Å². The Balaban J connectivity index is 1.86. The zero-order valence-electron chi connectivity index (χ0n) is 17.0. The largest absolute Gasteiger partial charge is 0.495 e. The molecule has 0 atom stereocenters. The molecule has 8 nitrogen and oxygen atoms in total. The van der Waals surface area contributed by atoms with Crippen molar-refractivity contribution < 1.29 is 23.5 Å². The van der Waals surface area contributed by atoms with Gasteiger partial charge in [0, 0.05) is 30.5 Å². The van der Waals surface area contributed by atoms with E-state index in [0.717, 1.165) is 0 Å². The number of nitrogens with two attached hydrogens (primary N) is 1. The molecule has 3 rings (SSSR count). The molecule has 0 spiro atoms. The molecule has 3 aromatic rings. The fourth-order valence-electron chi connectivity index (χ4n) is 3.10. The lowest BCUT2D eigenvalue weighted by Gasteiger charge is -2.24. The van der Waals surface area contributed by atoms with Crippen LogP contribution in [0.3, 0.4) is 0 Å². The second-order valence-corrected chi connectivity index (χ2v) is 7.16. The van der Waals surface area contributed by atoms with Crippen LogP contribution in [0.2, 0.25) is 5.02 Å². The highest BCUT2D eigenvalue weighted by Crippen LogP contribution is 2.32. The number of aryl methyl sites for hydroxylation is 1. The van der Waals surface area contributed by atoms with Gasteiger partial charge in [0.15, 0.2) is 6.61 Å². The average Bonchev–Trinajstić information content (AvgIpc) is 2.73. The number of anilines is 1. The Morgan fingerprint density at radius 3 is 2.61 bits per heavy atom. The van der Waals surface area contributed by atoms with Gasteiger partial charge in [-0.3, -0.25) is 9.59 Å². The van der Waals surface area contributed by atoms with Gasteiger partial charge in [-0.1, -0.05) is 23.7 Å². The Labute approximate surface area is 183 Å². The number of methoxy groups -OCH3 is 1. The molecule has 0 aliphatic carbocycles. The summed E-state index contributed by atoms with van der Waals surface area (Å²) in [5.41, 5.74) is 6.25. The summed E-state index contributed by atoms with van der Waals surface area (Å²) in [7, 11) is 1.48. The summed E-state index contributed by atoms with van der Waals surface area (Å²) in [6, 6.07) is 11.3. The van der Waals surface area contributed by atoms with Crippen molar-refractivity contribution in [2.45, 2.75) is 13.3 Å². The van der Waals surface area contributed by atoms with Gasteiger partial charge >= 0.3 is 5.63 Å². The van der Waals surface area contributed by atoms with Gasteiger partial charge in [-0.25, -0.2) is 4.79 Å². The summed E-state index contributed by atoms with van der Waals surface area (Å²) >= 11 is 6.29. The summed E-state index contributed by atoms with van der Waals surface area (Å²) in [4.78, 5) is 37.3. The van der Waals surface area contributed by atoms with Crippen LogP contribution in [-0.2, 0) is 9.59 Å². The number of halogens is 1. The second kappa shape index (κ2) is 9.53. The fourth-order valence-corrected chi connectivity index (χ4v) is 3.32. The third kappa shape index (κ3) is 5.16.